The van der Waals surface area contributed by atoms with E-state index in [9.17, 15) is 0 Å². The predicted octanol–water partition coefficient (Wildman–Crippen LogP) is 14.2. The second-order valence-corrected chi connectivity index (χ2v) is 15.2. The lowest BCUT2D eigenvalue weighted by Gasteiger charge is -2.18. The van der Waals surface area contributed by atoms with Crippen LogP contribution in [0.3, 0.4) is 0 Å². The van der Waals surface area contributed by atoms with Crippen LogP contribution in [-0.2, 0) is 0 Å². The Balaban J connectivity index is 1.09. The van der Waals surface area contributed by atoms with Crippen LogP contribution in [0.5, 0.6) is 0 Å². The second-order valence-electron chi connectivity index (χ2n) is 15.2. The number of fused-ring (bicyclic) bond motifs is 6. The summed E-state index contributed by atoms with van der Waals surface area (Å²) < 4.78 is 8.73. The molecule has 0 aliphatic carbocycles. The van der Waals surface area contributed by atoms with E-state index in [1.54, 1.807) is 0 Å². The van der Waals surface area contributed by atoms with Crippen LogP contribution in [0.4, 0.5) is 0 Å². The van der Waals surface area contributed by atoms with Crippen molar-refractivity contribution in [3.05, 3.63) is 188 Å². The van der Waals surface area contributed by atoms with Gasteiger partial charge in [0.05, 0.1) is 11.0 Å². The number of rotatable bonds is 6. The monoisotopic (exact) mass is 754 g/mol. The second kappa shape index (κ2) is 12.8. The number of hydrogen-bond donors (Lipinski definition) is 0. The molecule has 0 fully saturated rings. The first-order chi connectivity index (χ1) is 29.1. The lowest BCUT2D eigenvalue weighted by atomic mass is 9.90. The largest absolute Gasteiger partial charge is 0.456 e. The van der Waals surface area contributed by atoms with Gasteiger partial charge in [0.15, 0.2) is 17.5 Å². The van der Waals surface area contributed by atoms with Gasteiger partial charge in [-0.3, -0.25) is 0 Å². The first-order valence-corrected chi connectivity index (χ1v) is 19.9. The summed E-state index contributed by atoms with van der Waals surface area (Å²) >= 11 is 0. The topological polar surface area (TPSA) is 56.7 Å². The Hall–Kier alpha value is -7.89. The maximum absolute atomic E-state index is 6.31. The molecule has 3 heterocycles. The van der Waals surface area contributed by atoms with Crippen molar-refractivity contribution in [1.29, 1.82) is 0 Å². The quantitative estimate of drug-likeness (QED) is 0.159. The first kappa shape index (κ1) is 33.3. The molecule has 0 saturated heterocycles. The zero-order valence-corrected chi connectivity index (χ0v) is 32.1. The molecule has 12 rings (SSSR count). The minimum absolute atomic E-state index is 0.569. The molecule has 0 N–H and O–H groups in total. The molecule has 276 valence electrons. The normalized spacial score (nSPS) is 11.9. The van der Waals surface area contributed by atoms with Crippen LogP contribution >= 0.6 is 0 Å². The van der Waals surface area contributed by atoms with Crippen LogP contribution in [0.15, 0.2) is 181 Å². The maximum Gasteiger partial charge on any atom is 0.164 e. The van der Waals surface area contributed by atoms with E-state index in [1.165, 1.54) is 43.4 Å². The number of aryl methyl sites for hydroxylation is 1. The average molecular weight is 755 g/mol. The smallest absolute Gasteiger partial charge is 0.164 e. The van der Waals surface area contributed by atoms with E-state index in [2.05, 4.69) is 133 Å². The van der Waals surface area contributed by atoms with Crippen molar-refractivity contribution in [3.63, 3.8) is 0 Å². The average Bonchev–Trinajstić information content (AvgIpc) is 3.85. The highest BCUT2D eigenvalue weighted by Gasteiger charge is 2.23. The van der Waals surface area contributed by atoms with Gasteiger partial charge in [-0.25, -0.2) is 15.0 Å². The highest BCUT2D eigenvalue weighted by Crippen LogP contribution is 2.45. The summed E-state index contributed by atoms with van der Waals surface area (Å²) in [4.78, 5) is 15.5. The van der Waals surface area contributed by atoms with Crippen LogP contribution in [0.2, 0.25) is 0 Å². The lowest BCUT2D eigenvalue weighted by Crippen LogP contribution is -2.02. The molecule has 0 radical (unpaired) electrons. The van der Waals surface area contributed by atoms with Crippen molar-refractivity contribution in [1.82, 2.24) is 19.5 Å². The van der Waals surface area contributed by atoms with Crippen LogP contribution in [0.1, 0.15) is 11.1 Å². The lowest BCUT2D eigenvalue weighted by molar-refractivity contribution is 0.669. The summed E-state index contributed by atoms with van der Waals surface area (Å²) in [5, 5.41) is 9.80. The van der Waals surface area contributed by atoms with Crippen molar-refractivity contribution < 1.29 is 4.42 Å². The van der Waals surface area contributed by atoms with Gasteiger partial charge in [0.1, 0.15) is 11.2 Å². The van der Waals surface area contributed by atoms with E-state index >= 15 is 0 Å². The van der Waals surface area contributed by atoms with Gasteiger partial charge in [0.2, 0.25) is 0 Å². The molecule has 0 unspecified atom stereocenters. The fourth-order valence-corrected chi connectivity index (χ4v) is 9.24. The highest BCUT2D eigenvalue weighted by molar-refractivity contribution is 6.34. The van der Waals surface area contributed by atoms with E-state index in [1.807, 2.05) is 60.7 Å². The van der Waals surface area contributed by atoms with Crippen LogP contribution in [0, 0.1) is 6.92 Å². The predicted molar refractivity (Wildman–Crippen MR) is 244 cm³/mol. The zero-order chi connectivity index (χ0) is 39.2. The van der Waals surface area contributed by atoms with Crippen molar-refractivity contribution in [2.75, 3.05) is 0 Å². The number of aromatic nitrogens is 4. The number of nitrogens with zero attached hydrogens (tertiary/aromatic N) is 4. The SMILES string of the molecule is C=Cc1cccc(-c2nc(-c3ccccc3)nc(-c3ccc4c(c3)oc3ccccc34)n2)c1-c1cc(-n2c3cccc4c5ccccc5c5cccc2c5c43)ccc1C. The molecule has 12 aromatic rings. The van der Waals surface area contributed by atoms with Gasteiger partial charge in [0.25, 0.3) is 0 Å². The molecule has 0 amide bonds. The van der Waals surface area contributed by atoms with E-state index in [-0.39, 0.29) is 0 Å². The third kappa shape index (κ3) is 5.01. The van der Waals surface area contributed by atoms with E-state index in [0.29, 0.717) is 17.5 Å². The van der Waals surface area contributed by atoms with Gasteiger partial charge in [-0.1, -0.05) is 140 Å². The summed E-state index contributed by atoms with van der Waals surface area (Å²) in [5.74, 6) is 1.75. The molecule has 3 aromatic heterocycles. The van der Waals surface area contributed by atoms with Gasteiger partial charge in [0, 0.05) is 49.5 Å². The maximum atomic E-state index is 6.31. The minimum Gasteiger partial charge on any atom is -0.456 e. The number of hydrogen-bond acceptors (Lipinski definition) is 4. The standard InChI is InChI=1S/C54H34N4O/c1-3-33-16-11-22-43(54-56-52(34-14-5-4-6-15-34)55-53(57-54)35-27-29-40-39-19-9-10-25-47(39)59-48(40)30-35)49(33)44-31-36(28-26-32(44)2)58-45-23-12-20-41-37-17-7-8-18-38(37)42-21-13-24-46(58)51(42)50(41)45/h3-31H,1H2,2H3. The van der Waals surface area contributed by atoms with Gasteiger partial charge >= 0.3 is 0 Å². The van der Waals surface area contributed by atoms with Crippen LogP contribution in [-0.4, -0.2) is 19.5 Å². The minimum atomic E-state index is 0.569. The summed E-state index contributed by atoms with van der Waals surface area (Å²) in [7, 11) is 0. The summed E-state index contributed by atoms with van der Waals surface area (Å²) in [5.41, 5.74) is 12.0. The van der Waals surface area contributed by atoms with E-state index in [4.69, 9.17) is 19.4 Å². The van der Waals surface area contributed by atoms with E-state index in [0.717, 1.165) is 66.6 Å². The van der Waals surface area contributed by atoms with Crippen molar-refractivity contribution in [3.8, 4) is 51.0 Å². The molecular weight excluding hydrogens is 721 g/mol. The molecule has 0 aliphatic heterocycles. The molecule has 5 heteroatoms. The summed E-state index contributed by atoms with van der Waals surface area (Å²) in [6.45, 7) is 6.46. The third-order valence-electron chi connectivity index (χ3n) is 11.9. The fraction of sp³-hybridized carbons (Fsp3) is 0.0185. The number of furan rings is 1. The molecule has 0 aliphatic rings. The van der Waals surface area contributed by atoms with E-state index < -0.39 is 0 Å². The van der Waals surface area contributed by atoms with Gasteiger partial charge in [-0.15, -0.1) is 0 Å². The number of para-hydroxylation sites is 1. The van der Waals surface area contributed by atoms with Gasteiger partial charge in [-0.2, -0.15) is 0 Å². The van der Waals surface area contributed by atoms with Crippen LogP contribution < -0.4 is 0 Å². The summed E-state index contributed by atoms with van der Waals surface area (Å²) in [6.07, 6.45) is 1.93. The Labute approximate surface area is 339 Å². The molecule has 0 atom stereocenters. The molecule has 0 bridgehead atoms. The molecule has 9 aromatic carbocycles. The molecule has 5 nitrogen and oxygen atoms in total. The Morgan fingerprint density at radius 1 is 0.475 bits per heavy atom. The summed E-state index contributed by atoms with van der Waals surface area (Å²) in [6, 6.07) is 59.7. The Morgan fingerprint density at radius 3 is 1.81 bits per heavy atom. The Bertz CT molecular complexity index is 3560. The molecule has 59 heavy (non-hydrogen) atoms. The zero-order valence-electron chi connectivity index (χ0n) is 32.1. The van der Waals surface area contributed by atoms with Crippen molar-refractivity contribution >= 4 is 71.4 Å². The Kier molecular flexibility index (Phi) is 7.23. The van der Waals surface area contributed by atoms with Crippen LogP contribution in [0.25, 0.3) is 122 Å². The van der Waals surface area contributed by atoms with Gasteiger partial charge in [-0.05, 0) is 87.6 Å². The molecule has 0 spiro atoms. The third-order valence-corrected chi connectivity index (χ3v) is 11.9. The molecule has 0 saturated carbocycles. The van der Waals surface area contributed by atoms with Gasteiger partial charge < -0.3 is 8.98 Å². The highest BCUT2D eigenvalue weighted by atomic mass is 16.3. The van der Waals surface area contributed by atoms with Crippen molar-refractivity contribution in [2.45, 2.75) is 6.92 Å². The number of benzene rings is 9. The van der Waals surface area contributed by atoms with Crippen molar-refractivity contribution in [2.24, 2.45) is 0 Å². The Morgan fingerprint density at radius 2 is 1.08 bits per heavy atom. The first-order valence-electron chi connectivity index (χ1n) is 19.9. The molecular formula is C54H34N4O. The fourth-order valence-electron chi connectivity index (χ4n) is 9.24.